The Balaban J connectivity index is 1.70. The largest absolute Gasteiger partial charge is 0.497 e. The number of benzene rings is 1. The van der Waals surface area contributed by atoms with Gasteiger partial charge in [-0.3, -0.25) is 0 Å². The van der Waals surface area contributed by atoms with E-state index >= 15 is 0 Å². The average Bonchev–Trinajstić information content (AvgIpc) is 2.48. The van der Waals surface area contributed by atoms with Crippen LogP contribution in [0.1, 0.15) is 44.6 Å². The Kier molecular flexibility index (Phi) is 5.86. The number of nitrogens with two attached hydrogens (primary N) is 1. The maximum Gasteiger partial charge on any atom is 0.118 e. The monoisotopic (exact) mass is 276 g/mol. The van der Waals surface area contributed by atoms with Crippen molar-refractivity contribution in [3.63, 3.8) is 0 Å². The lowest BCUT2D eigenvalue weighted by molar-refractivity contribution is 0.314. The van der Waals surface area contributed by atoms with E-state index in [0.29, 0.717) is 18.1 Å². The summed E-state index contributed by atoms with van der Waals surface area (Å²) in [6, 6.07) is 10.1. The zero-order valence-electron chi connectivity index (χ0n) is 12.8. The molecular formula is C17H28N2O. The maximum absolute atomic E-state index is 5.95. The molecule has 112 valence electrons. The second-order valence-corrected chi connectivity index (χ2v) is 6.07. The summed E-state index contributed by atoms with van der Waals surface area (Å²) in [4.78, 5) is 0. The van der Waals surface area contributed by atoms with Crippen molar-refractivity contribution in [3.05, 3.63) is 29.8 Å². The molecule has 1 atom stereocenters. The Labute approximate surface area is 122 Å². The lowest BCUT2D eigenvalue weighted by atomic mass is 9.91. The number of ether oxygens (including phenoxy) is 1. The summed E-state index contributed by atoms with van der Waals surface area (Å²) >= 11 is 0. The molecule has 3 N–H and O–H groups in total. The highest BCUT2D eigenvalue weighted by atomic mass is 16.5. The summed E-state index contributed by atoms with van der Waals surface area (Å²) < 4.78 is 5.18. The normalized spacial score (nSPS) is 24.4. The lowest BCUT2D eigenvalue weighted by Gasteiger charge is -2.29. The van der Waals surface area contributed by atoms with Crippen LogP contribution in [0.25, 0.3) is 0 Å². The number of methoxy groups -OCH3 is 1. The van der Waals surface area contributed by atoms with E-state index in [1.54, 1.807) is 7.11 Å². The van der Waals surface area contributed by atoms with E-state index in [1.807, 2.05) is 12.1 Å². The van der Waals surface area contributed by atoms with Crippen LogP contribution in [0.2, 0.25) is 0 Å². The first-order valence-corrected chi connectivity index (χ1v) is 7.82. The molecule has 20 heavy (non-hydrogen) atoms. The molecule has 2 rings (SSSR count). The van der Waals surface area contributed by atoms with E-state index in [0.717, 1.165) is 12.2 Å². The van der Waals surface area contributed by atoms with Crippen LogP contribution in [0.4, 0.5) is 0 Å². The van der Waals surface area contributed by atoms with Gasteiger partial charge in [0, 0.05) is 18.1 Å². The Morgan fingerprint density at radius 1 is 1.20 bits per heavy atom. The fourth-order valence-corrected chi connectivity index (χ4v) is 2.95. The highest BCUT2D eigenvalue weighted by Gasteiger charge is 2.19. The molecule has 0 heterocycles. The van der Waals surface area contributed by atoms with E-state index < -0.39 is 0 Å². The quantitative estimate of drug-likeness (QED) is 0.840. The van der Waals surface area contributed by atoms with Gasteiger partial charge in [0.2, 0.25) is 0 Å². The minimum absolute atomic E-state index is 0.433. The highest BCUT2D eigenvalue weighted by Crippen LogP contribution is 2.18. The standard InChI is InChI=1S/C17H28N2O/c1-13(19-16-9-7-15(18)8-10-16)3-4-14-5-11-17(20-2)12-6-14/h5-6,11-13,15-16,19H,3-4,7-10,18H2,1-2H3. The fraction of sp³-hybridized carbons (Fsp3) is 0.647. The number of aryl methyl sites for hydroxylation is 1. The Bertz CT molecular complexity index is 382. The van der Waals surface area contributed by atoms with Crippen molar-refractivity contribution in [1.29, 1.82) is 0 Å². The zero-order valence-corrected chi connectivity index (χ0v) is 12.8. The van der Waals surface area contributed by atoms with Crippen LogP contribution in [0.15, 0.2) is 24.3 Å². The topological polar surface area (TPSA) is 47.3 Å². The molecule has 1 aliphatic rings. The number of rotatable bonds is 6. The van der Waals surface area contributed by atoms with Crippen LogP contribution < -0.4 is 15.8 Å². The molecule has 0 radical (unpaired) electrons. The maximum atomic E-state index is 5.95. The predicted molar refractivity (Wildman–Crippen MR) is 84.1 cm³/mol. The molecule has 0 bridgehead atoms. The van der Waals surface area contributed by atoms with Gasteiger partial charge in [-0.1, -0.05) is 12.1 Å². The van der Waals surface area contributed by atoms with Crippen molar-refractivity contribution in [3.8, 4) is 5.75 Å². The molecule has 1 aliphatic carbocycles. The summed E-state index contributed by atoms with van der Waals surface area (Å²) in [5.41, 5.74) is 7.33. The van der Waals surface area contributed by atoms with Crippen molar-refractivity contribution < 1.29 is 4.74 Å². The van der Waals surface area contributed by atoms with Gasteiger partial charge in [0.1, 0.15) is 5.75 Å². The zero-order chi connectivity index (χ0) is 14.4. The summed E-state index contributed by atoms with van der Waals surface area (Å²) in [5.74, 6) is 0.929. The molecule has 1 aromatic rings. The van der Waals surface area contributed by atoms with Crippen LogP contribution in [-0.4, -0.2) is 25.2 Å². The van der Waals surface area contributed by atoms with Crippen molar-refractivity contribution in [2.24, 2.45) is 5.73 Å². The number of hydrogen-bond donors (Lipinski definition) is 2. The molecule has 1 saturated carbocycles. The minimum Gasteiger partial charge on any atom is -0.497 e. The molecule has 0 aromatic heterocycles. The third kappa shape index (κ3) is 4.80. The minimum atomic E-state index is 0.433. The SMILES string of the molecule is COc1ccc(CCC(C)NC2CCC(N)CC2)cc1. The molecule has 1 fully saturated rings. The molecule has 0 saturated heterocycles. The van der Waals surface area contributed by atoms with Gasteiger partial charge in [0.05, 0.1) is 7.11 Å². The second kappa shape index (κ2) is 7.65. The fourth-order valence-electron chi connectivity index (χ4n) is 2.95. The molecular weight excluding hydrogens is 248 g/mol. The molecule has 1 aromatic carbocycles. The Morgan fingerprint density at radius 3 is 2.45 bits per heavy atom. The van der Waals surface area contributed by atoms with E-state index in [4.69, 9.17) is 10.5 Å². The van der Waals surface area contributed by atoms with Crippen LogP contribution in [0.5, 0.6) is 5.75 Å². The summed E-state index contributed by atoms with van der Waals surface area (Å²) in [6.07, 6.45) is 7.09. The number of nitrogens with one attached hydrogen (secondary N) is 1. The molecule has 0 spiro atoms. The lowest BCUT2D eigenvalue weighted by Crippen LogP contribution is -2.41. The molecule has 1 unspecified atom stereocenters. The smallest absolute Gasteiger partial charge is 0.118 e. The van der Waals surface area contributed by atoms with E-state index in [-0.39, 0.29) is 0 Å². The number of hydrogen-bond acceptors (Lipinski definition) is 3. The summed E-state index contributed by atoms with van der Waals surface area (Å²) in [5, 5.41) is 3.75. The predicted octanol–water partition coefficient (Wildman–Crippen LogP) is 2.88. The highest BCUT2D eigenvalue weighted by molar-refractivity contribution is 5.27. The van der Waals surface area contributed by atoms with Crippen molar-refractivity contribution in [2.75, 3.05) is 7.11 Å². The van der Waals surface area contributed by atoms with Gasteiger partial charge in [-0.25, -0.2) is 0 Å². The first kappa shape index (κ1) is 15.3. The van der Waals surface area contributed by atoms with E-state index in [1.165, 1.54) is 37.7 Å². The molecule has 0 amide bonds. The first-order valence-electron chi connectivity index (χ1n) is 7.82. The third-order valence-electron chi connectivity index (χ3n) is 4.32. The Morgan fingerprint density at radius 2 is 1.85 bits per heavy atom. The third-order valence-corrected chi connectivity index (χ3v) is 4.32. The van der Waals surface area contributed by atoms with Gasteiger partial charge in [0.15, 0.2) is 0 Å². The Hall–Kier alpha value is -1.06. The summed E-state index contributed by atoms with van der Waals surface area (Å²) in [6.45, 7) is 2.29. The van der Waals surface area contributed by atoms with Gasteiger partial charge >= 0.3 is 0 Å². The van der Waals surface area contributed by atoms with Crippen LogP contribution in [0.3, 0.4) is 0 Å². The van der Waals surface area contributed by atoms with Gasteiger partial charge in [0.25, 0.3) is 0 Å². The molecule has 0 aliphatic heterocycles. The van der Waals surface area contributed by atoms with Gasteiger partial charge in [-0.05, 0) is 63.1 Å². The van der Waals surface area contributed by atoms with Crippen LogP contribution >= 0.6 is 0 Å². The average molecular weight is 276 g/mol. The van der Waals surface area contributed by atoms with Gasteiger partial charge in [-0.15, -0.1) is 0 Å². The first-order chi connectivity index (χ1) is 9.67. The van der Waals surface area contributed by atoms with Gasteiger partial charge in [-0.2, -0.15) is 0 Å². The van der Waals surface area contributed by atoms with Crippen molar-refractivity contribution >= 4 is 0 Å². The molecule has 3 heteroatoms. The van der Waals surface area contributed by atoms with Crippen molar-refractivity contribution in [2.45, 2.75) is 63.6 Å². The van der Waals surface area contributed by atoms with Crippen molar-refractivity contribution in [1.82, 2.24) is 5.32 Å². The molecule has 3 nitrogen and oxygen atoms in total. The van der Waals surface area contributed by atoms with E-state index in [2.05, 4.69) is 24.4 Å². The van der Waals surface area contributed by atoms with Crippen LogP contribution in [-0.2, 0) is 6.42 Å². The van der Waals surface area contributed by atoms with Crippen LogP contribution in [0, 0.1) is 0 Å². The second-order valence-electron chi connectivity index (χ2n) is 6.07. The summed E-state index contributed by atoms with van der Waals surface area (Å²) in [7, 11) is 1.71. The van der Waals surface area contributed by atoms with Gasteiger partial charge < -0.3 is 15.8 Å². The van der Waals surface area contributed by atoms with E-state index in [9.17, 15) is 0 Å².